The van der Waals surface area contributed by atoms with Gasteiger partial charge in [-0.1, -0.05) is 6.07 Å². The van der Waals surface area contributed by atoms with Crippen LogP contribution in [0.15, 0.2) is 18.2 Å². The van der Waals surface area contributed by atoms with Crippen molar-refractivity contribution < 1.29 is 19.1 Å². The molecule has 132 valence electrons. The smallest absolute Gasteiger partial charge is 0.234 e. The fourth-order valence-corrected chi connectivity index (χ4v) is 2.47. The largest absolute Gasteiger partial charge is 0.454 e. The van der Waals surface area contributed by atoms with E-state index >= 15 is 0 Å². The first-order chi connectivity index (χ1) is 11.3. The molecule has 2 N–H and O–H groups in total. The standard InChI is InChI=1S/C17H25N3O4/c1-11(2)18-16(21)8-20(4)9-17(22)19-12(3)13-5-6-14-15(7-13)24-10-23-14/h5-7,11-12H,8-10H2,1-4H3,(H,18,21)(H,19,22)/t12-/m1/s1. The van der Waals surface area contributed by atoms with E-state index in [1.165, 1.54) is 0 Å². The molecule has 7 nitrogen and oxygen atoms in total. The van der Waals surface area contributed by atoms with Crippen LogP contribution in [0.5, 0.6) is 11.5 Å². The van der Waals surface area contributed by atoms with Crippen LogP contribution in [0, 0.1) is 0 Å². The van der Waals surface area contributed by atoms with Gasteiger partial charge in [-0.2, -0.15) is 0 Å². The van der Waals surface area contributed by atoms with Crippen LogP contribution in [0.2, 0.25) is 0 Å². The highest BCUT2D eigenvalue weighted by molar-refractivity contribution is 5.81. The van der Waals surface area contributed by atoms with Gasteiger partial charge in [0.05, 0.1) is 19.1 Å². The summed E-state index contributed by atoms with van der Waals surface area (Å²) >= 11 is 0. The molecule has 0 spiro atoms. The van der Waals surface area contributed by atoms with Gasteiger partial charge in [0, 0.05) is 6.04 Å². The number of carbonyl (C=O) groups is 2. The lowest BCUT2D eigenvalue weighted by atomic mass is 10.1. The van der Waals surface area contributed by atoms with E-state index in [2.05, 4.69) is 10.6 Å². The predicted molar refractivity (Wildman–Crippen MR) is 89.9 cm³/mol. The minimum atomic E-state index is -0.162. The first-order valence-electron chi connectivity index (χ1n) is 8.02. The van der Waals surface area contributed by atoms with Crippen molar-refractivity contribution in [2.75, 3.05) is 26.9 Å². The summed E-state index contributed by atoms with van der Waals surface area (Å²) in [6.45, 7) is 6.27. The van der Waals surface area contributed by atoms with Crippen LogP contribution in [-0.2, 0) is 9.59 Å². The Balaban J connectivity index is 1.82. The van der Waals surface area contributed by atoms with Crippen molar-refractivity contribution >= 4 is 11.8 Å². The minimum absolute atomic E-state index is 0.0887. The van der Waals surface area contributed by atoms with Gasteiger partial charge < -0.3 is 20.1 Å². The molecule has 1 aliphatic rings. The van der Waals surface area contributed by atoms with Gasteiger partial charge in [0.15, 0.2) is 11.5 Å². The van der Waals surface area contributed by atoms with Gasteiger partial charge in [-0.15, -0.1) is 0 Å². The van der Waals surface area contributed by atoms with E-state index in [4.69, 9.17) is 9.47 Å². The van der Waals surface area contributed by atoms with Crippen LogP contribution in [0.1, 0.15) is 32.4 Å². The number of fused-ring (bicyclic) bond motifs is 1. The van der Waals surface area contributed by atoms with Gasteiger partial charge in [0.25, 0.3) is 0 Å². The highest BCUT2D eigenvalue weighted by atomic mass is 16.7. The van der Waals surface area contributed by atoms with Gasteiger partial charge in [-0.25, -0.2) is 0 Å². The van der Waals surface area contributed by atoms with Gasteiger partial charge in [-0.3, -0.25) is 14.5 Å². The molecular weight excluding hydrogens is 310 g/mol. The van der Waals surface area contributed by atoms with Crippen molar-refractivity contribution in [3.05, 3.63) is 23.8 Å². The van der Waals surface area contributed by atoms with E-state index in [-0.39, 0.29) is 43.8 Å². The number of hydrogen-bond donors (Lipinski definition) is 2. The summed E-state index contributed by atoms with van der Waals surface area (Å²) in [5, 5.41) is 5.72. The number of carbonyl (C=O) groups excluding carboxylic acids is 2. The van der Waals surface area contributed by atoms with Crippen LogP contribution >= 0.6 is 0 Å². The summed E-state index contributed by atoms with van der Waals surface area (Å²) in [4.78, 5) is 25.5. The van der Waals surface area contributed by atoms with Crippen molar-refractivity contribution in [2.24, 2.45) is 0 Å². The van der Waals surface area contributed by atoms with Gasteiger partial charge in [0.2, 0.25) is 18.6 Å². The summed E-state index contributed by atoms with van der Waals surface area (Å²) in [5.74, 6) is 1.17. The number of rotatable bonds is 7. The van der Waals surface area contributed by atoms with Crippen LogP contribution in [0.3, 0.4) is 0 Å². The lowest BCUT2D eigenvalue weighted by Gasteiger charge is -2.19. The molecule has 1 aromatic rings. The molecule has 2 rings (SSSR count). The third-order valence-corrected chi connectivity index (χ3v) is 3.55. The third-order valence-electron chi connectivity index (χ3n) is 3.55. The predicted octanol–water partition coefficient (Wildman–Crippen LogP) is 1.05. The second-order valence-corrected chi connectivity index (χ2v) is 6.30. The molecule has 1 heterocycles. The van der Waals surface area contributed by atoms with Crippen LogP contribution < -0.4 is 20.1 Å². The molecule has 7 heteroatoms. The molecular formula is C17H25N3O4. The number of nitrogens with one attached hydrogen (secondary N) is 2. The van der Waals surface area contributed by atoms with Crippen molar-refractivity contribution in [3.63, 3.8) is 0 Å². The second kappa shape index (κ2) is 8.01. The maximum absolute atomic E-state index is 12.1. The SMILES string of the molecule is CC(C)NC(=O)CN(C)CC(=O)N[C@H](C)c1ccc2c(c1)OCO2. The van der Waals surface area contributed by atoms with E-state index in [9.17, 15) is 9.59 Å². The van der Waals surface area contributed by atoms with Crippen molar-refractivity contribution in [1.82, 2.24) is 15.5 Å². The van der Waals surface area contributed by atoms with Crippen LogP contribution in [-0.4, -0.2) is 49.7 Å². The highest BCUT2D eigenvalue weighted by Gasteiger charge is 2.18. The van der Waals surface area contributed by atoms with Crippen molar-refractivity contribution in [2.45, 2.75) is 32.9 Å². The van der Waals surface area contributed by atoms with E-state index in [1.54, 1.807) is 11.9 Å². The van der Waals surface area contributed by atoms with Gasteiger partial charge >= 0.3 is 0 Å². The minimum Gasteiger partial charge on any atom is -0.454 e. The number of nitrogens with zero attached hydrogens (tertiary/aromatic N) is 1. The van der Waals surface area contributed by atoms with E-state index < -0.39 is 0 Å². The molecule has 1 atom stereocenters. The van der Waals surface area contributed by atoms with Gasteiger partial charge in [-0.05, 0) is 45.5 Å². The average Bonchev–Trinajstić information content (AvgIpc) is 2.92. The summed E-state index contributed by atoms with van der Waals surface area (Å²) in [5.41, 5.74) is 0.938. The quantitative estimate of drug-likeness (QED) is 0.778. The molecule has 0 fully saturated rings. The first kappa shape index (κ1) is 18.1. The third kappa shape index (κ3) is 5.13. The highest BCUT2D eigenvalue weighted by Crippen LogP contribution is 2.34. The van der Waals surface area contributed by atoms with E-state index in [0.717, 1.165) is 5.56 Å². The average molecular weight is 335 g/mol. The number of likely N-dealkylation sites (N-methyl/N-ethyl adjacent to an activating group) is 1. The van der Waals surface area contributed by atoms with Crippen molar-refractivity contribution in [1.29, 1.82) is 0 Å². The van der Waals surface area contributed by atoms with Crippen molar-refractivity contribution in [3.8, 4) is 11.5 Å². The Morgan fingerprint density at radius 2 is 1.71 bits per heavy atom. The molecule has 0 aromatic heterocycles. The molecule has 0 aliphatic carbocycles. The summed E-state index contributed by atoms with van der Waals surface area (Å²) in [6, 6.07) is 5.53. The zero-order valence-corrected chi connectivity index (χ0v) is 14.6. The number of benzene rings is 1. The number of ether oxygens (including phenoxy) is 2. The molecule has 2 amide bonds. The Kier molecular flexibility index (Phi) is 6.03. The van der Waals surface area contributed by atoms with Crippen LogP contribution in [0.25, 0.3) is 0 Å². The Bertz CT molecular complexity index is 603. The molecule has 0 radical (unpaired) electrons. The molecule has 0 saturated heterocycles. The van der Waals surface area contributed by atoms with E-state index in [0.29, 0.717) is 11.5 Å². The fraction of sp³-hybridized carbons (Fsp3) is 0.529. The first-order valence-corrected chi connectivity index (χ1v) is 8.02. The fourth-order valence-electron chi connectivity index (χ4n) is 2.47. The Morgan fingerprint density at radius 3 is 2.38 bits per heavy atom. The van der Waals surface area contributed by atoms with Crippen LogP contribution in [0.4, 0.5) is 0 Å². The Morgan fingerprint density at radius 1 is 1.08 bits per heavy atom. The monoisotopic (exact) mass is 335 g/mol. The Hall–Kier alpha value is -2.28. The molecule has 24 heavy (non-hydrogen) atoms. The molecule has 1 aliphatic heterocycles. The topological polar surface area (TPSA) is 79.9 Å². The number of hydrogen-bond acceptors (Lipinski definition) is 5. The Labute approximate surface area is 142 Å². The summed E-state index contributed by atoms with van der Waals surface area (Å²) in [6.07, 6.45) is 0. The zero-order valence-electron chi connectivity index (χ0n) is 14.6. The molecule has 1 aromatic carbocycles. The maximum atomic E-state index is 12.1. The molecule has 0 saturated carbocycles. The number of amides is 2. The molecule has 0 bridgehead atoms. The normalized spacial score (nSPS) is 13.9. The lowest BCUT2D eigenvalue weighted by molar-refractivity contribution is -0.125. The maximum Gasteiger partial charge on any atom is 0.234 e. The summed E-state index contributed by atoms with van der Waals surface area (Å²) < 4.78 is 10.6. The zero-order chi connectivity index (χ0) is 17.7. The van der Waals surface area contributed by atoms with E-state index in [1.807, 2.05) is 39.0 Å². The second-order valence-electron chi connectivity index (χ2n) is 6.30. The summed E-state index contributed by atoms with van der Waals surface area (Å²) in [7, 11) is 1.74. The van der Waals surface area contributed by atoms with Gasteiger partial charge in [0.1, 0.15) is 0 Å². The lowest BCUT2D eigenvalue weighted by Crippen LogP contribution is -2.42. The molecule has 0 unspecified atom stereocenters.